The zero-order valence-electron chi connectivity index (χ0n) is 27.9. The Kier molecular flexibility index (Phi) is 9.55. The summed E-state index contributed by atoms with van der Waals surface area (Å²) in [5, 5.41) is 10.4. The molecule has 4 fully saturated rings. The van der Waals surface area contributed by atoms with Gasteiger partial charge in [-0.2, -0.15) is 0 Å². The Balaban J connectivity index is 1.34. The van der Waals surface area contributed by atoms with E-state index in [1.807, 2.05) is 13.8 Å². The lowest BCUT2D eigenvalue weighted by Gasteiger charge is -2.60. The number of rotatable bonds is 10. The molecule has 4 nitrogen and oxygen atoms in total. The van der Waals surface area contributed by atoms with Gasteiger partial charge >= 0.3 is 0 Å². The van der Waals surface area contributed by atoms with Crippen LogP contribution in [0.3, 0.4) is 0 Å². The van der Waals surface area contributed by atoms with Gasteiger partial charge in [-0.15, -0.1) is 0 Å². The molecule has 0 radical (unpaired) electrons. The van der Waals surface area contributed by atoms with Crippen molar-refractivity contribution in [1.29, 1.82) is 0 Å². The summed E-state index contributed by atoms with van der Waals surface area (Å²) in [6.45, 7) is 24.0. The third kappa shape index (κ3) is 6.34. The number of ether oxygens (including phenoxy) is 1. The van der Waals surface area contributed by atoms with Gasteiger partial charge in [0, 0.05) is 5.92 Å². The topological polar surface area (TPSA) is 55.8 Å². The molecule has 0 spiro atoms. The minimum absolute atomic E-state index is 0.148. The zero-order valence-corrected chi connectivity index (χ0v) is 28.9. The average molecular weight is 577 g/mol. The van der Waals surface area contributed by atoms with Crippen LogP contribution in [0.5, 0.6) is 0 Å². The van der Waals surface area contributed by atoms with E-state index < -0.39 is 13.9 Å². The van der Waals surface area contributed by atoms with Gasteiger partial charge in [0.05, 0.1) is 18.8 Å². The maximum Gasteiger partial charge on any atom is 0.192 e. The van der Waals surface area contributed by atoms with E-state index in [2.05, 4.69) is 54.6 Å². The number of aliphatic hydroxyl groups is 1. The molecule has 1 N–H and O–H groups in total. The predicted molar refractivity (Wildman–Crippen MR) is 168 cm³/mol. The highest BCUT2D eigenvalue weighted by atomic mass is 28.4. The fourth-order valence-corrected chi connectivity index (χ4v) is 11.0. The van der Waals surface area contributed by atoms with Gasteiger partial charge < -0.3 is 14.3 Å². The second-order valence-electron chi connectivity index (χ2n) is 17.3. The van der Waals surface area contributed by atoms with Crippen molar-refractivity contribution in [3.05, 3.63) is 0 Å². The minimum atomic E-state index is -1.79. The smallest absolute Gasteiger partial charge is 0.192 e. The molecule has 0 heterocycles. The molecule has 5 heteroatoms. The second kappa shape index (κ2) is 11.7. The lowest BCUT2D eigenvalue weighted by Crippen LogP contribution is -2.57. The summed E-state index contributed by atoms with van der Waals surface area (Å²) in [6.07, 6.45) is 12.8. The molecule has 0 saturated heterocycles. The van der Waals surface area contributed by atoms with Gasteiger partial charge in [-0.1, -0.05) is 54.4 Å². The summed E-state index contributed by atoms with van der Waals surface area (Å²) in [5.41, 5.74) is 0.0518. The molecular weight excluding hydrogens is 512 g/mol. The van der Waals surface area contributed by atoms with Crippen molar-refractivity contribution < 1.29 is 19.1 Å². The lowest BCUT2D eigenvalue weighted by atomic mass is 9.44. The van der Waals surface area contributed by atoms with Crippen LogP contribution in [-0.2, 0) is 14.0 Å². The van der Waals surface area contributed by atoms with E-state index in [1.165, 1.54) is 38.5 Å². The van der Waals surface area contributed by atoms with Gasteiger partial charge in [-0.3, -0.25) is 4.79 Å². The third-order valence-corrected chi connectivity index (χ3v) is 17.9. The van der Waals surface area contributed by atoms with Crippen LogP contribution in [0.4, 0.5) is 0 Å². The number of hydrogen-bond donors (Lipinski definition) is 1. The Hall–Kier alpha value is -0.233. The first-order valence-corrected chi connectivity index (χ1v) is 19.8. The first-order chi connectivity index (χ1) is 18.4. The van der Waals surface area contributed by atoms with Crippen LogP contribution in [0.15, 0.2) is 0 Å². The number of carbonyl (C=O) groups excluding carboxylic acids is 1. The van der Waals surface area contributed by atoms with Crippen LogP contribution >= 0.6 is 0 Å². The van der Waals surface area contributed by atoms with Gasteiger partial charge in [0.1, 0.15) is 6.10 Å². The molecule has 0 unspecified atom stereocenters. The number of Topliss-reactive ketones (excluding diaryl/α,β-unsaturated/α-hetero) is 1. The largest absolute Gasteiger partial charge is 0.414 e. The van der Waals surface area contributed by atoms with E-state index in [4.69, 9.17) is 9.16 Å². The molecule has 0 aromatic heterocycles. The molecule has 9 atom stereocenters. The summed E-state index contributed by atoms with van der Waals surface area (Å²) in [7, 11) is -1.79. The molecular formula is C35H64O4Si. The second-order valence-corrected chi connectivity index (χ2v) is 22.1. The van der Waals surface area contributed by atoms with Crippen molar-refractivity contribution in [1.82, 2.24) is 0 Å². The molecule has 0 bridgehead atoms. The quantitative estimate of drug-likeness (QED) is 0.208. The van der Waals surface area contributed by atoms with Crippen molar-refractivity contribution in [2.24, 2.45) is 46.3 Å². The van der Waals surface area contributed by atoms with Gasteiger partial charge in [-0.05, 0) is 130 Å². The van der Waals surface area contributed by atoms with Crippen molar-refractivity contribution in [2.75, 3.05) is 13.2 Å². The maximum atomic E-state index is 13.8. The third-order valence-electron chi connectivity index (χ3n) is 13.4. The fraction of sp³-hybridized carbons (Fsp3) is 0.971. The standard InChI is InChI=1S/C35H64O4Si/c1-24(12-11-19-33(5,6)37)26-15-16-27-25-13-14-29-31(36)30(38-22-23-39-40(9,10)32(2,3)4)18-21-35(29,8)28(25)17-20-34(26,27)7/h24-30,37H,11-23H2,1-10H3/t24-,25+,26-,27+,28+,29+,30+,34-,35-/m1/s1. The van der Waals surface area contributed by atoms with Gasteiger partial charge in [0.2, 0.25) is 0 Å². The normalized spacial score (nSPS) is 39.4. The van der Waals surface area contributed by atoms with Crippen molar-refractivity contribution in [3.63, 3.8) is 0 Å². The summed E-state index contributed by atoms with van der Waals surface area (Å²) in [5.74, 6) is 4.42. The number of ketones is 1. The molecule has 4 saturated carbocycles. The highest BCUT2D eigenvalue weighted by Crippen LogP contribution is 2.68. The van der Waals surface area contributed by atoms with Crippen LogP contribution < -0.4 is 0 Å². The monoisotopic (exact) mass is 576 g/mol. The van der Waals surface area contributed by atoms with Crippen LogP contribution in [0, 0.1) is 46.3 Å². The van der Waals surface area contributed by atoms with Crippen LogP contribution in [0.2, 0.25) is 18.1 Å². The lowest BCUT2D eigenvalue weighted by molar-refractivity contribution is -0.165. The molecule has 232 valence electrons. The van der Waals surface area contributed by atoms with Crippen molar-refractivity contribution in [2.45, 2.75) is 156 Å². The SMILES string of the molecule is C[C@H](CCCC(C)(C)O)[C@H]1CC[C@H]2[C@@H]3CC[C@H]4C(=O)[C@@H](OCCO[Si](C)(C)C(C)(C)C)CC[C@]4(C)[C@H]3CC[C@]12C. The van der Waals surface area contributed by atoms with Gasteiger partial charge in [0.25, 0.3) is 0 Å². The highest BCUT2D eigenvalue weighted by Gasteiger charge is 2.62. The van der Waals surface area contributed by atoms with E-state index in [0.29, 0.717) is 30.3 Å². The first kappa shape index (κ1) is 32.7. The molecule has 0 aromatic carbocycles. The Morgan fingerprint density at radius 3 is 2.23 bits per heavy atom. The fourth-order valence-electron chi connectivity index (χ4n) is 9.99. The number of hydrogen-bond acceptors (Lipinski definition) is 4. The Bertz CT molecular complexity index is 887. The summed E-state index contributed by atoms with van der Waals surface area (Å²) in [4.78, 5) is 13.8. The minimum Gasteiger partial charge on any atom is -0.414 e. The molecule has 0 amide bonds. The van der Waals surface area contributed by atoms with E-state index in [0.717, 1.165) is 55.8 Å². The van der Waals surface area contributed by atoms with Gasteiger partial charge in [0.15, 0.2) is 14.1 Å². The Labute approximate surface area is 248 Å². The number of carbonyl (C=O) groups is 1. The van der Waals surface area contributed by atoms with Gasteiger partial charge in [-0.25, -0.2) is 0 Å². The molecule has 4 aliphatic rings. The number of fused-ring (bicyclic) bond motifs is 5. The summed E-state index contributed by atoms with van der Waals surface area (Å²) >= 11 is 0. The first-order valence-electron chi connectivity index (χ1n) is 16.9. The van der Waals surface area contributed by atoms with E-state index in [-0.39, 0.29) is 22.5 Å². The van der Waals surface area contributed by atoms with Crippen LogP contribution in [0.1, 0.15) is 126 Å². The zero-order chi connectivity index (χ0) is 29.7. The Morgan fingerprint density at radius 2 is 1.57 bits per heavy atom. The maximum absolute atomic E-state index is 13.8. The van der Waals surface area contributed by atoms with Crippen LogP contribution in [-0.4, -0.2) is 44.1 Å². The highest BCUT2D eigenvalue weighted by molar-refractivity contribution is 6.74. The van der Waals surface area contributed by atoms with E-state index in [1.54, 1.807) is 0 Å². The van der Waals surface area contributed by atoms with Crippen molar-refractivity contribution in [3.8, 4) is 0 Å². The van der Waals surface area contributed by atoms with E-state index in [9.17, 15) is 9.90 Å². The predicted octanol–water partition coefficient (Wildman–Crippen LogP) is 8.81. The molecule has 0 aromatic rings. The molecule has 4 rings (SSSR count). The van der Waals surface area contributed by atoms with E-state index >= 15 is 0 Å². The van der Waals surface area contributed by atoms with Crippen LogP contribution in [0.25, 0.3) is 0 Å². The summed E-state index contributed by atoms with van der Waals surface area (Å²) in [6, 6.07) is 0. The molecule has 0 aliphatic heterocycles. The molecule has 4 aliphatic carbocycles. The Morgan fingerprint density at radius 1 is 0.925 bits per heavy atom. The molecule has 40 heavy (non-hydrogen) atoms. The van der Waals surface area contributed by atoms with Crippen molar-refractivity contribution >= 4 is 14.1 Å². The summed E-state index contributed by atoms with van der Waals surface area (Å²) < 4.78 is 12.6. The average Bonchev–Trinajstić information content (AvgIpc) is 3.19.